The van der Waals surface area contributed by atoms with Crippen LogP contribution in [0.2, 0.25) is 0 Å². The minimum atomic E-state index is -4.97. The Balaban J connectivity index is 5.21. The molecule has 0 saturated heterocycles. The molecule has 0 aliphatic heterocycles. The molecular weight excluding hydrogens is 1400 g/mol. The first kappa shape index (κ1) is 106. The van der Waals surface area contributed by atoms with Gasteiger partial charge < -0.3 is 33.8 Å². The average Bonchev–Trinajstić information content (AvgIpc) is 0.900. The molecule has 0 rings (SSSR count). The van der Waals surface area contributed by atoms with Crippen LogP contribution in [0.1, 0.15) is 484 Å². The zero-order chi connectivity index (χ0) is 79.0. The van der Waals surface area contributed by atoms with Crippen LogP contribution in [0.4, 0.5) is 0 Å². The monoisotopic (exact) mass is 1580 g/mol. The fraction of sp³-hybridized carbons (Fsp3) is 0.955. The molecule has 108 heavy (non-hydrogen) atoms. The van der Waals surface area contributed by atoms with Crippen molar-refractivity contribution < 1.29 is 80.2 Å². The highest BCUT2D eigenvalue weighted by molar-refractivity contribution is 7.47. The fourth-order valence-corrected chi connectivity index (χ4v) is 15.5. The molecule has 0 aromatic rings. The number of ether oxygens (including phenoxy) is 4. The predicted octanol–water partition coefficient (Wildman–Crippen LogP) is 27.5. The fourth-order valence-electron chi connectivity index (χ4n) is 14.0. The maximum absolute atomic E-state index is 13.2. The lowest BCUT2D eigenvalue weighted by Crippen LogP contribution is -2.30. The molecule has 642 valence electrons. The van der Waals surface area contributed by atoms with E-state index in [1.54, 1.807) is 0 Å². The number of phosphoric ester groups is 2. The largest absolute Gasteiger partial charge is 0.472 e. The van der Waals surface area contributed by atoms with E-state index in [9.17, 15) is 43.2 Å². The topological polar surface area (TPSA) is 237 Å². The van der Waals surface area contributed by atoms with Gasteiger partial charge in [0.05, 0.1) is 26.4 Å². The highest BCUT2D eigenvalue weighted by Crippen LogP contribution is 2.45. The van der Waals surface area contributed by atoms with E-state index in [1.807, 2.05) is 0 Å². The number of unbranched alkanes of at least 4 members (excludes halogenated alkanes) is 60. The van der Waals surface area contributed by atoms with Crippen molar-refractivity contribution in [1.29, 1.82) is 0 Å². The molecule has 0 aliphatic rings. The van der Waals surface area contributed by atoms with Crippen molar-refractivity contribution in [2.75, 3.05) is 39.6 Å². The standard InChI is InChI=1S/C89H174O17P2/c1-6-10-13-16-19-22-25-27-29-31-33-35-37-39-41-43-45-48-54-59-64-69-74-88(93)105-84(79-100-87(92)73-68-63-58-53-47-44-42-40-38-36-34-32-30-28-26-23-20-17-14-11-7-2)80-103-107(95,96)101-76-83(90)77-102-108(97,98)104-81-85(78-99-86(91)72-67-62-57-52-46-24-21-18-15-12-8-3)106-89(94)75-70-65-60-55-50-49-51-56-61-66-71-82(5)9-4/h82-85,90H,6-81H2,1-5H3,(H,95,96)(H,97,98)/t82?,83-,84-,85-/m1/s1. The lowest BCUT2D eigenvalue weighted by atomic mass is 9.99. The van der Waals surface area contributed by atoms with Crippen molar-refractivity contribution in [3.63, 3.8) is 0 Å². The Kier molecular flexibility index (Phi) is 80.2. The van der Waals surface area contributed by atoms with E-state index >= 15 is 0 Å². The number of hydrogen-bond acceptors (Lipinski definition) is 15. The minimum Gasteiger partial charge on any atom is -0.462 e. The Morgan fingerprint density at radius 3 is 0.657 bits per heavy atom. The Labute approximate surface area is 664 Å². The molecule has 17 nitrogen and oxygen atoms in total. The van der Waals surface area contributed by atoms with Gasteiger partial charge in [-0.25, -0.2) is 9.13 Å². The van der Waals surface area contributed by atoms with Crippen molar-refractivity contribution in [3.05, 3.63) is 0 Å². The maximum atomic E-state index is 13.2. The number of rotatable bonds is 89. The van der Waals surface area contributed by atoms with Crippen LogP contribution in [-0.4, -0.2) is 96.7 Å². The van der Waals surface area contributed by atoms with Gasteiger partial charge in [-0.2, -0.15) is 0 Å². The summed E-state index contributed by atoms with van der Waals surface area (Å²) in [5.74, 6) is -1.29. The first-order valence-corrected chi connectivity index (χ1v) is 49.2. The van der Waals surface area contributed by atoms with E-state index in [-0.39, 0.29) is 25.7 Å². The van der Waals surface area contributed by atoms with Crippen LogP contribution in [0.3, 0.4) is 0 Å². The van der Waals surface area contributed by atoms with Crippen molar-refractivity contribution in [2.45, 2.75) is 502 Å². The molecule has 0 aliphatic carbocycles. The molecule has 0 spiro atoms. The van der Waals surface area contributed by atoms with Crippen LogP contribution < -0.4 is 0 Å². The highest BCUT2D eigenvalue weighted by Gasteiger charge is 2.31. The third-order valence-corrected chi connectivity index (χ3v) is 23.3. The molecule has 0 aromatic heterocycles. The summed E-state index contributed by atoms with van der Waals surface area (Å²) in [4.78, 5) is 73.3. The number of aliphatic hydroxyl groups excluding tert-OH is 1. The van der Waals surface area contributed by atoms with Crippen LogP contribution in [0.15, 0.2) is 0 Å². The second-order valence-corrected chi connectivity index (χ2v) is 35.1. The summed E-state index contributed by atoms with van der Waals surface area (Å²) in [6, 6.07) is 0. The Morgan fingerprint density at radius 1 is 0.259 bits per heavy atom. The van der Waals surface area contributed by atoms with E-state index in [1.165, 1.54) is 308 Å². The van der Waals surface area contributed by atoms with E-state index in [0.717, 1.165) is 95.8 Å². The van der Waals surface area contributed by atoms with Gasteiger partial charge in [-0.05, 0) is 31.6 Å². The minimum absolute atomic E-state index is 0.107. The molecule has 0 heterocycles. The second kappa shape index (κ2) is 81.6. The first-order chi connectivity index (χ1) is 52.6. The summed E-state index contributed by atoms with van der Waals surface area (Å²) in [6.07, 6.45) is 76.5. The molecule has 19 heteroatoms. The third kappa shape index (κ3) is 80.7. The van der Waals surface area contributed by atoms with E-state index in [2.05, 4.69) is 34.6 Å². The maximum Gasteiger partial charge on any atom is 0.472 e. The summed E-state index contributed by atoms with van der Waals surface area (Å²) >= 11 is 0. The SMILES string of the molecule is CCCCCCCCCCCCCCCCCCCCCCCCC(=O)O[C@H](COC(=O)CCCCCCCCCCCCCCCCCCCCCCC)COP(=O)(O)OC[C@@H](O)COP(=O)(O)OC[C@@H](COC(=O)CCCCCCCCCCCCC)OC(=O)CCCCCCCCCCCCC(C)CC. The van der Waals surface area contributed by atoms with Crippen LogP contribution in [0, 0.1) is 5.92 Å². The molecule has 0 aromatic carbocycles. The van der Waals surface area contributed by atoms with Crippen molar-refractivity contribution in [1.82, 2.24) is 0 Å². The number of carbonyl (C=O) groups excluding carboxylic acids is 4. The molecule has 6 atom stereocenters. The molecule has 0 amide bonds. The Bertz CT molecular complexity index is 2050. The van der Waals surface area contributed by atoms with Gasteiger partial charge in [0.15, 0.2) is 12.2 Å². The van der Waals surface area contributed by atoms with Gasteiger partial charge in [0.1, 0.15) is 19.3 Å². The summed E-state index contributed by atoms with van der Waals surface area (Å²) < 4.78 is 69.0. The number of phosphoric acid groups is 2. The van der Waals surface area contributed by atoms with Gasteiger partial charge in [-0.15, -0.1) is 0 Å². The molecular formula is C89H174O17P2. The summed E-state index contributed by atoms with van der Waals surface area (Å²) in [5, 5.41) is 10.7. The van der Waals surface area contributed by atoms with Crippen LogP contribution in [-0.2, 0) is 65.4 Å². The van der Waals surface area contributed by atoms with Gasteiger partial charge in [0.2, 0.25) is 0 Å². The molecule has 0 saturated carbocycles. The highest BCUT2D eigenvalue weighted by atomic mass is 31.2. The van der Waals surface area contributed by atoms with Crippen LogP contribution >= 0.6 is 15.6 Å². The van der Waals surface area contributed by atoms with E-state index in [4.69, 9.17) is 37.0 Å². The van der Waals surface area contributed by atoms with Crippen molar-refractivity contribution in [2.24, 2.45) is 5.92 Å². The van der Waals surface area contributed by atoms with E-state index < -0.39 is 97.5 Å². The van der Waals surface area contributed by atoms with Gasteiger partial charge >= 0.3 is 39.5 Å². The smallest absolute Gasteiger partial charge is 0.462 e. The van der Waals surface area contributed by atoms with Gasteiger partial charge in [-0.3, -0.25) is 37.3 Å². The van der Waals surface area contributed by atoms with E-state index in [0.29, 0.717) is 25.7 Å². The molecule has 3 unspecified atom stereocenters. The Hall–Kier alpha value is -1.94. The summed E-state index contributed by atoms with van der Waals surface area (Å²) in [5.41, 5.74) is 0. The molecule has 0 bridgehead atoms. The second-order valence-electron chi connectivity index (χ2n) is 32.2. The van der Waals surface area contributed by atoms with Crippen LogP contribution in [0.25, 0.3) is 0 Å². The normalized spacial score (nSPS) is 14.0. The summed E-state index contributed by atoms with van der Waals surface area (Å²) in [6.45, 7) is 7.39. The zero-order valence-corrected chi connectivity index (χ0v) is 72.8. The number of aliphatic hydroxyl groups is 1. The quantitative estimate of drug-likeness (QED) is 0.0222. The van der Waals surface area contributed by atoms with Gasteiger partial charge in [0.25, 0.3) is 0 Å². The number of esters is 4. The van der Waals surface area contributed by atoms with Crippen molar-refractivity contribution >= 4 is 39.5 Å². The summed E-state index contributed by atoms with van der Waals surface area (Å²) in [7, 11) is -9.93. The van der Waals surface area contributed by atoms with Gasteiger partial charge in [0, 0.05) is 25.7 Å². The average molecular weight is 1580 g/mol. The molecule has 3 N–H and O–H groups in total. The molecule has 0 fully saturated rings. The first-order valence-electron chi connectivity index (χ1n) is 46.2. The lowest BCUT2D eigenvalue weighted by Gasteiger charge is -2.21. The van der Waals surface area contributed by atoms with Crippen LogP contribution in [0.5, 0.6) is 0 Å². The molecule has 0 radical (unpaired) electrons. The lowest BCUT2D eigenvalue weighted by molar-refractivity contribution is -0.161. The predicted molar refractivity (Wildman–Crippen MR) is 446 cm³/mol. The zero-order valence-electron chi connectivity index (χ0n) is 71.0. The van der Waals surface area contributed by atoms with Gasteiger partial charge in [-0.1, -0.05) is 433 Å². The Morgan fingerprint density at radius 2 is 0.444 bits per heavy atom. The number of hydrogen-bond donors (Lipinski definition) is 3. The van der Waals surface area contributed by atoms with Crippen molar-refractivity contribution in [3.8, 4) is 0 Å². The third-order valence-electron chi connectivity index (χ3n) is 21.4. The number of carbonyl (C=O) groups is 4.